The molecule has 1 aliphatic rings. The Morgan fingerprint density at radius 2 is 1.90 bits per heavy atom. The number of halogens is 1. The van der Waals surface area contributed by atoms with Crippen LogP contribution in [0.15, 0.2) is 41.3 Å². The predicted octanol–water partition coefficient (Wildman–Crippen LogP) is 3.39. The molecule has 2 aromatic rings. The molecule has 1 saturated heterocycles. The van der Waals surface area contributed by atoms with Gasteiger partial charge in [-0.3, -0.25) is 9.52 Å². The van der Waals surface area contributed by atoms with Crippen LogP contribution >= 0.6 is 11.6 Å². The van der Waals surface area contributed by atoms with Crippen LogP contribution in [0.1, 0.15) is 36.2 Å². The van der Waals surface area contributed by atoms with Crippen molar-refractivity contribution >= 4 is 38.9 Å². The van der Waals surface area contributed by atoms with Crippen molar-refractivity contribution in [3.05, 3.63) is 52.5 Å². The third kappa shape index (κ3) is 5.70. The number of nitrogens with zero attached hydrogens (tertiary/aromatic N) is 1. The van der Waals surface area contributed by atoms with Crippen LogP contribution in [-0.2, 0) is 10.0 Å². The molecule has 0 spiro atoms. The van der Waals surface area contributed by atoms with Gasteiger partial charge in [0, 0.05) is 42.8 Å². The Hall–Kier alpha value is -2.29. The molecule has 1 fully saturated rings. The summed E-state index contributed by atoms with van der Waals surface area (Å²) < 4.78 is 28.9. The normalized spacial score (nSPS) is 15.4. The molecular weight excluding hydrogens is 436 g/mol. The fourth-order valence-electron chi connectivity index (χ4n) is 3.29. The first-order valence-corrected chi connectivity index (χ1v) is 12.3. The quantitative estimate of drug-likeness (QED) is 0.584. The van der Waals surface area contributed by atoms with E-state index < -0.39 is 10.0 Å². The van der Waals surface area contributed by atoms with E-state index in [1.54, 1.807) is 24.3 Å². The van der Waals surface area contributed by atoms with Crippen molar-refractivity contribution in [2.24, 2.45) is 0 Å². The summed E-state index contributed by atoms with van der Waals surface area (Å²) in [6.07, 6.45) is 0.804. The minimum atomic E-state index is -3.89. The molecule has 168 valence electrons. The van der Waals surface area contributed by atoms with E-state index in [0.29, 0.717) is 16.3 Å². The fourth-order valence-corrected chi connectivity index (χ4v) is 4.63. The molecule has 9 heteroatoms. The second-order valence-corrected chi connectivity index (χ2v) is 9.86. The van der Waals surface area contributed by atoms with Gasteiger partial charge in [0.1, 0.15) is 0 Å². The third-order valence-corrected chi connectivity index (χ3v) is 7.17. The van der Waals surface area contributed by atoms with Crippen LogP contribution in [-0.4, -0.2) is 46.5 Å². The van der Waals surface area contributed by atoms with E-state index in [1.165, 1.54) is 12.1 Å². The molecule has 0 saturated carbocycles. The van der Waals surface area contributed by atoms with Crippen LogP contribution in [0.2, 0.25) is 5.02 Å². The molecule has 0 aromatic heterocycles. The Morgan fingerprint density at radius 3 is 2.55 bits per heavy atom. The summed E-state index contributed by atoms with van der Waals surface area (Å²) in [5.74, 6) is -0.236. The molecule has 1 unspecified atom stereocenters. The van der Waals surface area contributed by atoms with E-state index in [1.807, 2.05) is 20.8 Å². The Kier molecular flexibility index (Phi) is 7.46. The maximum absolute atomic E-state index is 13.1. The number of aryl methyl sites for hydroxylation is 1. The summed E-state index contributed by atoms with van der Waals surface area (Å²) in [5.41, 5.74) is 2.31. The summed E-state index contributed by atoms with van der Waals surface area (Å²) in [7, 11) is -3.89. The number of hydrogen-bond acceptors (Lipinski definition) is 5. The number of rotatable bonds is 7. The molecular formula is C22H29ClN4O3S. The lowest BCUT2D eigenvalue weighted by molar-refractivity contribution is 0.0939. The lowest BCUT2D eigenvalue weighted by Crippen LogP contribution is -2.43. The third-order valence-electron chi connectivity index (χ3n) is 5.40. The maximum atomic E-state index is 13.1. The van der Waals surface area contributed by atoms with E-state index in [2.05, 4.69) is 20.3 Å². The van der Waals surface area contributed by atoms with Gasteiger partial charge in [-0.05, 0) is 56.2 Å². The SMILES string of the molecule is CCC(C)NC(=O)c1ccc(N2CCNCC2)c(NS(=O)(=O)c2ccc(C)c(Cl)c2)c1. The lowest BCUT2D eigenvalue weighted by Gasteiger charge is -2.31. The van der Waals surface area contributed by atoms with Gasteiger partial charge >= 0.3 is 0 Å². The van der Waals surface area contributed by atoms with Crippen LogP contribution in [0, 0.1) is 6.92 Å². The van der Waals surface area contributed by atoms with Crippen molar-refractivity contribution in [1.82, 2.24) is 10.6 Å². The van der Waals surface area contributed by atoms with Crippen molar-refractivity contribution in [2.45, 2.75) is 38.1 Å². The standard InChI is InChI=1S/C22H29ClN4O3S/c1-4-16(3)25-22(28)17-6-8-21(27-11-9-24-10-12-27)20(13-17)26-31(29,30)18-7-5-15(2)19(23)14-18/h5-8,13-14,16,24,26H,4,9-12H2,1-3H3,(H,25,28). The molecule has 0 bridgehead atoms. The molecule has 2 aromatic carbocycles. The number of carbonyl (C=O) groups excluding carboxylic acids is 1. The highest BCUT2D eigenvalue weighted by molar-refractivity contribution is 7.92. The number of amides is 1. The summed E-state index contributed by atoms with van der Waals surface area (Å²) in [6, 6.07) is 9.78. The van der Waals surface area contributed by atoms with Crippen molar-refractivity contribution in [2.75, 3.05) is 35.8 Å². The molecule has 7 nitrogen and oxygen atoms in total. The molecule has 31 heavy (non-hydrogen) atoms. The number of carbonyl (C=O) groups is 1. The van der Waals surface area contributed by atoms with Crippen molar-refractivity contribution < 1.29 is 13.2 Å². The largest absolute Gasteiger partial charge is 0.367 e. The van der Waals surface area contributed by atoms with E-state index >= 15 is 0 Å². The first kappa shape index (κ1) is 23.4. The van der Waals surface area contributed by atoms with Crippen LogP contribution in [0.5, 0.6) is 0 Å². The Bertz CT molecular complexity index is 1050. The molecule has 1 amide bonds. The van der Waals surface area contributed by atoms with Gasteiger partial charge in [-0.1, -0.05) is 24.6 Å². The minimum absolute atomic E-state index is 0.0233. The van der Waals surface area contributed by atoms with Crippen LogP contribution < -0.4 is 20.3 Å². The molecule has 3 rings (SSSR count). The van der Waals surface area contributed by atoms with Gasteiger partial charge in [0.05, 0.1) is 16.3 Å². The van der Waals surface area contributed by atoms with E-state index in [4.69, 9.17) is 11.6 Å². The van der Waals surface area contributed by atoms with Gasteiger partial charge in [0.15, 0.2) is 0 Å². The smallest absolute Gasteiger partial charge is 0.262 e. The van der Waals surface area contributed by atoms with Crippen LogP contribution in [0.4, 0.5) is 11.4 Å². The summed E-state index contributed by atoms with van der Waals surface area (Å²) in [5, 5.41) is 6.59. The fraction of sp³-hybridized carbons (Fsp3) is 0.409. The zero-order valence-electron chi connectivity index (χ0n) is 18.0. The molecule has 3 N–H and O–H groups in total. The first-order chi connectivity index (χ1) is 14.7. The summed E-state index contributed by atoms with van der Waals surface area (Å²) >= 11 is 6.14. The van der Waals surface area contributed by atoms with E-state index in [-0.39, 0.29) is 16.8 Å². The van der Waals surface area contributed by atoms with Gasteiger partial charge in [-0.2, -0.15) is 0 Å². The van der Waals surface area contributed by atoms with E-state index in [9.17, 15) is 13.2 Å². The minimum Gasteiger partial charge on any atom is -0.367 e. The molecule has 1 aliphatic heterocycles. The Labute approximate surface area is 189 Å². The number of nitrogens with one attached hydrogen (secondary N) is 3. The number of benzene rings is 2. The highest BCUT2D eigenvalue weighted by Crippen LogP contribution is 2.31. The Morgan fingerprint density at radius 1 is 1.19 bits per heavy atom. The van der Waals surface area contributed by atoms with Crippen molar-refractivity contribution in [3.8, 4) is 0 Å². The van der Waals surface area contributed by atoms with Gasteiger partial charge < -0.3 is 15.5 Å². The average Bonchev–Trinajstić information content (AvgIpc) is 2.75. The highest BCUT2D eigenvalue weighted by Gasteiger charge is 2.22. The zero-order chi connectivity index (χ0) is 22.6. The summed E-state index contributed by atoms with van der Waals surface area (Å²) in [6.45, 7) is 8.81. The molecule has 1 atom stereocenters. The maximum Gasteiger partial charge on any atom is 0.262 e. The van der Waals surface area contributed by atoms with Crippen LogP contribution in [0.3, 0.4) is 0 Å². The first-order valence-electron chi connectivity index (χ1n) is 10.4. The monoisotopic (exact) mass is 464 g/mol. The summed E-state index contributed by atoms with van der Waals surface area (Å²) in [4.78, 5) is 14.8. The van der Waals surface area contributed by atoms with Gasteiger partial charge in [0.25, 0.3) is 15.9 Å². The van der Waals surface area contributed by atoms with Gasteiger partial charge in [0.2, 0.25) is 0 Å². The van der Waals surface area contributed by atoms with Gasteiger partial charge in [-0.15, -0.1) is 0 Å². The number of piperazine rings is 1. The number of sulfonamides is 1. The molecule has 1 heterocycles. The van der Waals surface area contributed by atoms with E-state index in [0.717, 1.165) is 43.9 Å². The zero-order valence-corrected chi connectivity index (χ0v) is 19.6. The highest BCUT2D eigenvalue weighted by atomic mass is 35.5. The average molecular weight is 465 g/mol. The van der Waals surface area contributed by atoms with Crippen molar-refractivity contribution in [3.63, 3.8) is 0 Å². The predicted molar refractivity (Wildman–Crippen MR) is 126 cm³/mol. The second kappa shape index (κ2) is 9.89. The number of hydrogen-bond donors (Lipinski definition) is 3. The molecule has 0 radical (unpaired) electrons. The van der Waals surface area contributed by atoms with Gasteiger partial charge in [-0.25, -0.2) is 8.42 Å². The number of anilines is 2. The Balaban J connectivity index is 1.98. The van der Waals surface area contributed by atoms with Crippen LogP contribution in [0.25, 0.3) is 0 Å². The molecule has 0 aliphatic carbocycles. The van der Waals surface area contributed by atoms with Crippen molar-refractivity contribution in [1.29, 1.82) is 0 Å². The lowest BCUT2D eigenvalue weighted by atomic mass is 10.1. The second-order valence-electron chi connectivity index (χ2n) is 7.77. The topological polar surface area (TPSA) is 90.5 Å².